The minimum Gasteiger partial charge on any atom is -0.497 e. The molecule has 0 fully saturated rings. The van der Waals surface area contributed by atoms with Gasteiger partial charge >= 0.3 is 7.12 Å². The third-order valence-electron chi connectivity index (χ3n) is 4.83. The first-order chi connectivity index (χ1) is 14.7. The van der Waals surface area contributed by atoms with Crippen molar-refractivity contribution >= 4 is 18.7 Å². The minimum absolute atomic E-state index is 0.0661. The third kappa shape index (κ3) is 9.74. The van der Waals surface area contributed by atoms with Gasteiger partial charge in [0.1, 0.15) is 5.75 Å². The van der Waals surface area contributed by atoms with Gasteiger partial charge in [-0.2, -0.15) is 0 Å². The highest BCUT2D eigenvalue weighted by Gasteiger charge is 2.25. The number of nitrogens with zero attached hydrogens (tertiary/aromatic N) is 1. The molecule has 1 amide bonds. The van der Waals surface area contributed by atoms with E-state index in [1.165, 1.54) is 16.8 Å². The highest BCUT2D eigenvalue weighted by molar-refractivity contribution is 6.43. The van der Waals surface area contributed by atoms with E-state index in [1.807, 2.05) is 51.1 Å². The van der Waals surface area contributed by atoms with Crippen LogP contribution in [0.25, 0.3) is 5.70 Å². The van der Waals surface area contributed by atoms with Gasteiger partial charge in [-0.3, -0.25) is 4.79 Å². The first kappa shape index (κ1) is 26.3. The van der Waals surface area contributed by atoms with Gasteiger partial charge in [-0.1, -0.05) is 42.4 Å². The van der Waals surface area contributed by atoms with Crippen molar-refractivity contribution in [3.63, 3.8) is 0 Å². The summed E-state index contributed by atoms with van der Waals surface area (Å²) in [5.74, 6) is 5.46. The Bertz CT molecular complexity index is 808. The van der Waals surface area contributed by atoms with Crippen molar-refractivity contribution < 1.29 is 19.6 Å². The summed E-state index contributed by atoms with van der Waals surface area (Å²) in [5.41, 5.74) is 9.35. The van der Waals surface area contributed by atoms with E-state index in [9.17, 15) is 14.8 Å². The van der Waals surface area contributed by atoms with Crippen molar-refractivity contribution in [1.29, 1.82) is 0 Å². The summed E-state index contributed by atoms with van der Waals surface area (Å²) in [4.78, 5) is 12.3. The van der Waals surface area contributed by atoms with Gasteiger partial charge in [-0.05, 0) is 38.8 Å². The van der Waals surface area contributed by atoms with E-state index in [0.29, 0.717) is 17.9 Å². The lowest BCUT2D eigenvalue weighted by Crippen LogP contribution is -2.47. The maximum Gasteiger partial charge on any atom is 0.475 e. The van der Waals surface area contributed by atoms with Crippen LogP contribution in [0.3, 0.4) is 0 Å². The average molecular weight is 430 g/mol. The van der Waals surface area contributed by atoms with Crippen LogP contribution < -0.4 is 21.6 Å². The van der Waals surface area contributed by atoms with Gasteiger partial charge < -0.3 is 30.8 Å². The number of hydrogen-bond donors (Lipinski definition) is 5. The molecule has 0 unspecified atom stereocenters. The standard InChI is InChI=1S/C22H35BN4O4/c1-5-16(3)12-17(6-2)13-21(23(29)30)26-22(28)10-11-27(25)15-20(24)18-8-7-9-19(14-18)31-4/h6-9,12,14-15,21,29-30H,5,10-11,13,24-25H2,1-4H3,(H,26,28)/b16-12+,17-6+,20-15-/t21-/m0/s1. The van der Waals surface area contributed by atoms with Crippen molar-refractivity contribution in [3.8, 4) is 5.75 Å². The summed E-state index contributed by atoms with van der Waals surface area (Å²) < 4.78 is 5.18. The number of rotatable bonds is 12. The van der Waals surface area contributed by atoms with Crippen LogP contribution in [0.2, 0.25) is 0 Å². The van der Waals surface area contributed by atoms with Crippen LogP contribution in [0.1, 0.15) is 45.6 Å². The Morgan fingerprint density at radius 3 is 2.68 bits per heavy atom. The van der Waals surface area contributed by atoms with Crippen LogP contribution in [0.5, 0.6) is 5.75 Å². The van der Waals surface area contributed by atoms with Crippen molar-refractivity contribution in [3.05, 3.63) is 59.3 Å². The summed E-state index contributed by atoms with van der Waals surface area (Å²) in [6.07, 6.45) is 6.71. The fourth-order valence-electron chi connectivity index (χ4n) is 2.79. The lowest BCUT2D eigenvalue weighted by atomic mass is 9.75. The first-order valence-corrected chi connectivity index (χ1v) is 10.3. The zero-order chi connectivity index (χ0) is 23.4. The van der Waals surface area contributed by atoms with E-state index in [0.717, 1.165) is 17.6 Å². The molecule has 170 valence electrons. The summed E-state index contributed by atoms with van der Waals surface area (Å²) in [6, 6.07) is 7.24. The molecule has 9 heteroatoms. The zero-order valence-corrected chi connectivity index (χ0v) is 18.8. The maximum atomic E-state index is 12.3. The number of ether oxygens (including phenoxy) is 1. The number of methoxy groups -OCH3 is 1. The van der Waals surface area contributed by atoms with Crippen LogP contribution in [0.4, 0.5) is 0 Å². The molecule has 1 rings (SSSR count). The largest absolute Gasteiger partial charge is 0.497 e. The number of hydrogen-bond acceptors (Lipinski definition) is 7. The monoisotopic (exact) mass is 430 g/mol. The van der Waals surface area contributed by atoms with Gasteiger partial charge in [0, 0.05) is 24.7 Å². The Morgan fingerprint density at radius 2 is 2.10 bits per heavy atom. The third-order valence-corrected chi connectivity index (χ3v) is 4.83. The van der Waals surface area contributed by atoms with E-state index in [1.54, 1.807) is 13.2 Å². The highest BCUT2D eigenvalue weighted by Crippen LogP contribution is 2.17. The van der Waals surface area contributed by atoms with E-state index >= 15 is 0 Å². The molecule has 1 aromatic rings. The molecule has 0 spiro atoms. The van der Waals surface area contributed by atoms with Crippen LogP contribution in [-0.2, 0) is 4.79 Å². The molecule has 0 aliphatic carbocycles. The predicted octanol–water partition coefficient (Wildman–Crippen LogP) is 1.71. The summed E-state index contributed by atoms with van der Waals surface area (Å²) in [7, 11) is -0.101. The number of benzene rings is 1. The number of allylic oxidation sites excluding steroid dienone is 3. The average Bonchev–Trinajstić information content (AvgIpc) is 2.76. The zero-order valence-electron chi connectivity index (χ0n) is 18.8. The van der Waals surface area contributed by atoms with Gasteiger partial charge in [-0.25, -0.2) is 5.84 Å². The van der Waals surface area contributed by atoms with E-state index < -0.39 is 13.1 Å². The molecule has 0 aliphatic rings. The topological polar surface area (TPSA) is 134 Å². The molecule has 0 saturated heterocycles. The second-order valence-electron chi connectivity index (χ2n) is 7.30. The molecule has 0 saturated carbocycles. The Morgan fingerprint density at radius 1 is 1.39 bits per heavy atom. The molecular weight excluding hydrogens is 395 g/mol. The number of carbonyl (C=O) groups is 1. The predicted molar refractivity (Wildman–Crippen MR) is 125 cm³/mol. The van der Waals surface area contributed by atoms with Crippen molar-refractivity contribution in [2.45, 2.75) is 46.0 Å². The Labute approximate surface area is 185 Å². The molecule has 31 heavy (non-hydrogen) atoms. The van der Waals surface area contributed by atoms with Crippen LogP contribution >= 0.6 is 0 Å². The molecule has 1 aromatic carbocycles. The van der Waals surface area contributed by atoms with E-state index in [2.05, 4.69) is 5.32 Å². The Hall–Kier alpha value is -2.75. The molecule has 0 aliphatic heterocycles. The van der Waals surface area contributed by atoms with Gasteiger partial charge in [0.2, 0.25) is 5.91 Å². The highest BCUT2D eigenvalue weighted by atomic mass is 16.5. The molecule has 0 bridgehead atoms. The second kappa shape index (κ2) is 13.5. The normalized spacial score (nSPS) is 13.6. The second-order valence-corrected chi connectivity index (χ2v) is 7.30. The number of nitrogens with one attached hydrogen (secondary N) is 1. The number of hydrazine groups is 1. The molecular formula is C22H35BN4O4. The van der Waals surface area contributed by atoms with Crippen molar-refractivity contribution in [1.82, 2.24) is 10.3 Å². The Kier molecular flexibility index (Phi) is 11.5. The molecule has 8 nitrogen and oxygen atoms in total. The fraction of sp³-hybridized carbons (Fsp3) is 0.409. The van der Waals surface area contributed by atoms with Gasteiger partial charge in [-0.15, -0.1) is 0 Å². The van der Waals surface area contributed by atoms with E-state index in [-0.39, 0.29) is 18.9 Å². The summed E-state index contributed by atoms with van der Waals surface area (Å²) >= 11 is 0. The molecule has 7 N–H and O–H groups in total. The lowest BCUT2D eigenvalue weighted by molar-refractivity contribution is -0.121. The SMILES string of the molecule is C/C=C(\C=C(/C)CC)C[C@H](NC(=O)CCN(N)/C=C(\N)c1cccc(OC)c1)B(O)O. The lowest BCUT2D eigenvalue weighted by Gasteiger charge is -2.20. The van der Waals surface area contributed by atoms with Gasteiger partial charge in [0.25, 0.3) is 0 Å². The van der Waals surface area contributed by atoms with Gasteiger partial charge in [0.15, 0.2) is 0 Å². The summed E-state index contributed by atoms with van der Waals surface area (Å²) in [5, 5.41) is 23.4. The van der Waals surface area contributed by atoms with Crippen molar-refractivity contribution in [2.24, 2.45) is 11.6 Å². The molecule has 0 aromatic heterocycles. The smallest absolute Gasteiger partial charge is 0.475 e. The van der Waals surface area contributed by atoms with Crippen LogP contribution in [-0.4, -0.2) is 47.7 Å². The van der Waals surface area contributed by atoms with Gasteiger partial charge in [0.05, 0.1) is 18.7 Å². The molecule has 1 atom stereocenters. The van der Waals surface area contributed by atoms with Crippen LogP contribution in [0, 0.1) is 0 Å². The molecule has 0 radical (unpaired) electrons. The quantitative estimate of drug-likeness (QED) is 0.148. The minimum atomic E-state index is -1.67. The fourth-order valence-corrected chi connectivity index (χ4v) is 2.79. The summed E-state index contributed by atoms with van der Waals surface area (Å²) in [6.45, 7) is 6.14. The molecule has 0 heterocycles. The number of nitrogens with two attached hydrogens (primary N) is 2. The first-order valence-electron chi connectivity index (χ1n) is 10.3. The van der Waals surface area contributed by atoms with Crippen molar-refractivity contribution in [2.75, 3.05) is 13.7 Å². The number of carbonyl (C=O) groups excluding carboxylic acids is 1. The Balaban J connectivity index is 2.66. The number of amides is 1. The van der Waals surface area contributed by atoms with Crippen LogP contribution in [0.15, 0.2) is 53.8 Å². The maximum absolute atomic E-state index is 12.3. The van der Waals surface area contributed by atoms with E-state index in [4.69, 9.17) is 16.3 Å².